The molecule has 242 valence electrons. The first kappa shape index (κ1) is 43.3. The maximum absolute atomic E-state index is 11.6. The van der Waals surface area contributed by atoms with Crippen LogP contribution in [0.15, 0.2) is 0 Å². The minimum atomic E-state index is 0.225. The molecule has 0 fully saturated rings. The SMILES string of the molecule is CC.CCCC(=O)N(C)CCCN(C)CCCN(C)C(C)C.CCCCCCNC(=O)CCCCCNC(C)C. The van der Waals surface area contributed by atoms with Crippen molar-refractivity contribution in [2.75, 3.05) is 60.4 Å². The molecule has 7 heteroatoms. The highest BCUT2D eigenvalue weighted by Gasteiger charge is 2.08. The van der Waals surface area contributed by atoms with Crippen LogP contribution in [0.2, 0.25) is 0 Å². The first-order chi connectivity index (χ1) is 19.0. The van der Waals surface area contributed by atoms with Crippen LogP contribution in [0.1, 0.15) is 132 Å². The van der Waals surface area contributed by atoms with Crippen molar-refractivity contribution in [1.82, 2.24) is 25.3 Å². The summed E-state index contributed by atoms with van der Waals surface area (Å²) >= 11 is 0. The Morgan fingerprint density at radius 1 is 0.650 bits per heavy atom. The minimum absolute atomic E-state index is 0.225. The van der Waals surface area contributed by atoms with Gasteiger partial charge in [0.1, 0.15) is 0 Å². The first-order valence-corrected chi connectivity index (χ1v) is 16.7. The third-order valence-corrected chi connectivity index (χ3v) is 6.84. The molecule has 0 saturated carbocycles. The van der Waals surface area contributed by atoms with Crippen molar-refractivity contribution in [2.45, 2.75) is 145 Å². The summed E-state index contributed by atoms with van der Waals surface area (Å²) < 4.78 is 0. The molecule has 0 bridgehead atoms. The Morgan fingerprint density at radius 3 is 1.77 bits per heavy atom. The average Bonchev–Trinajstić information content (AvgIpc) is 2.91. The molecule has 0 aromatic carbocycles. The molecule has 0 radical (unpaired) electrons. The fourth-order valence-corrected chi connectivity index (χ4v) is 3.91. The molecule has 2 amide bonds. The van der Waals surface area contributed by atoms with Gasteiger partial charge in [-0.2, -0.15) is 0 Å². The summed E-state index contributed by atoms with van der Waals surface area (Å²) in [5, 5.41) is 6.38. The third-order valence-electron chi connectivity index (χ3n) is 6.84. The van der Waals surface area contributed by atoms with Gasteiger partial charge in [-0.1, -0.05) is 67.2 Å². The normalized spacial score (nSPS) is 10.9. The van der Waals surface area contributed by atoms with E-state index in [0.717, 1.165) is 71.4 Å². The second-order valence-electron chi connectivity index (χ2n) is 11.5. The summed E-state index contributed by atoms with van der Waals surface area (Å²) in [6.07, 6.45) is 12.8. The van der Waals surface area contributed by atoms with E-state index in [4.69, 9.17) is 0 Å². The molecule has 0 rings (SSSR count). The zero-order valence-electron chi connectivity index (χ0n) is 29.0. The van der Waals surface area contributed by atoms with E-state index in [9.17, 15) is 9.59 Å². The quantitative estimate of drug-likeness (QED) is 0.136. The lowest BCUT2D eigenvalue weighted by atomic mass is 10.1. The van der Waals surface area contributed by atoms with Crippen molar-refractivity contribution in [2.24, 2.45) is 0 Å². The Bertz CT molecular complexity index is 543. The lowest BCUT2D eigenvalue weighted by molar-refractivity contribution is -0.130. The van der Waals surface area contributed by atoms with Crippen LogP contribution in [-0.4, -0.2) is 99.0 Å². The third kappa shape index (κ3) is 33.0. The molecule has 2 N–H and O–H groups in total. The number of hydrogen-bond acceptors (Lipinski definition) is 5. The summed E-state index contributed by atoms with van der Waals surface area (Å²) in [7, 11) is 6.26. The maximum Gasteiger partial charge on any atom is 0.222 e. The van der Waals surface area contributed by atoms with Crippen LogP contribution in [0.3, 0.4) is 0 Å². The second-order valence-corrected chi connectivity index (χ2v) is 11.5. The first-order valence-electron chi connectivity index (χ1n) is 16.7. The summed E-state index contributed by atoms with van der Waals surface area (Å²) in [6, 6.07) is 1.19. The summed E-state index contributed by atoms with van der Waals surface area (Å²) in [5.41, 5.74) is 0. The number of carbonyl (C=O) groups excluding carboxylic acids is 2. The van der Waals surface area contributed by atoms with Gasteiger partial charge in [0, 0.05) is 45.1 Å². The van der Waals surface area contributed by atoms with E-state index in [1.807, 2.05) is 32.7 Å². The van der Waals surface area contributed by atoms with E-state index in [1.165, 1.54) is 32.1 Å². The van der Waals surface area contributed by atoms with Crippen LogP contribution < -0.4 is 10.6 Å². The highest BCUT2D eigenvalue weighted by atomic mass is 16.2. The fraction of sp³-hybridized carbons (Fsp3) is 0.939. The van der Waals surface area contributed by atoms with E-state index in [2.05, 4.69) is 69.1 Å². The van der Waals surface area contributed by atoms with E-state index in [0.29, 0.717) is 24.9 Å². The summed E-state index contributed by atoms with van der Waals surface area (Å²) in [4.78, 5) is 29.7. The predicted octanol–water partition coefficient (Wildman–Crippen LogP) is 6.56. The van der Waals surface area contributed by atoms with Crippen molar-refractivity contribution >= 4 is 11.8 Å². The van der Waals surface area contributed by atoms with Gasteiger partial charge in [-0.05, 0) is 92.6 Å². The standard InChI is InChI=1S/C16H35N3O.C15H32N2O.C2H6/c1-7-10-16(20)19(6)14-9-12-17(4)11-8-13-18(5)15(2)3;1-4-5-6-9-13-17-15(18)11-8-7-10-12-16-14(2)3;1-2/h15H,7-14H2,1-6H3;14,16H,4-13H2,1-3H3,(H,17,18);1-2H3. The second kappa shape index (κ2) is 32.3. The Morgan fingerprint density at radius 2 is 1.23 bits per heavy atom. The lowest BCUT2D eigenvalue weighted by Crippen LogP contribution is -2.32. The summed E-state index contributed by atoms with van der Waals surface area (Å²) in [5.74, 6) is 0.497. The van der Waals surface area contributed by atoms with Gasteiger partial charge in [-0.15, -0.1) is 0 Å². The van der Waals surface area contributed by atoms with Crippen LogP contribution >= 0.6 is 0 Å². The zero-order valence-corrected chi connectivity index (χ0v) is 29.0. The number of nitrogens with one attached hydrogen (secondary N) is 2. The van der Waals surface area contributed by atoms with E-state index >= 15 is 0 Å². The average molecular weight is 572 g/mol. The highest BCUT2D eigenvalue weighted by Crippen LogP contribution is 2.01. The van der Waals surface area contributed by atoms with Gasteiger partial charge in [0.2, 0.25) is 11.8 Å². The molecule has 0 atom stereocenters. The van der Waals surface area contributed by atoms with Crippen molar-refractivity contribution in [3.8, 4) is 0 Å². The van der Waals surface area contributed by atoms with E-state index < -0.39 is 0 Å². The van der Waals surface area contributed by atoms with Crippen molar-refractivity contribution < 1.29 is 9.59 Å². The molecular formula is C33H73N5O2. The predicted molar refractivity (Wildman–Crippen MR) is 177 cm³/mol. The van der Waals surface area contributed by atoms with Gasteiger partial charge in [0.05, 0.1) is 0 Å². The molecule has 0 aliphatic carbocycles. The molecule has 0 aliphatic rings. The number of nitrogens with zero attached hydrogens (tertiary/aromatic N) is 3. The van der Waals surface area contributed by atoms with Gasteiger partial charge in [-0.3, -0.25) is 9.59 Å². The van der Waals surface area contributed by atoms with E-state index in [1.54, 1.807) is 0 Å². The van der Waals surface area contributed by atoms with Gasteiger partial charge >= 0.3 is 0 Å². The van der Waals surface area contributed by atoms with E-state index in [-0.39, 0.29) is 11.8 Å². The van der Waals surface area contributed by atoms with Crippen LogP contribution in [0.5, 0.6) is 0 Å². The molecule has 40 heavy (non-hydrogen) atoms. The molecule has 7 nitrogen and oxygen atoms in total. The number of hydrogen-bond donors (Lipinski definition) is 2. The Labute approximate surface area is 251 Å². The van der Waals surface area contributed by atoms with Crippen molar-refractivity contribution in [3.63, 3.8) is 0 Å². The van der Waals surface area contributed by atoms with Crippen LogP contribution in [0.25, 0.3) is 0 Å². The van der Waals surface area contributed by atoms with Gasteiger partial charge < -0.3 is 25.3 Å². The molecule has 0 aromatic heterocycles. The molecular weight excluding hydrogens is 498 g/mol. The molecule has 0 saturated heterocycles. The van der Waals surface area contributed by atoms with Crippen molar-refractivity contribution in [1.29, 1.82) is 0 Å². The molecule has 0 aromatic rings. The number of rotatable bonds is 23. The molecule has 0 aliphatic heterocycles. The monoisotopic (exact) mass is 572 g/mol. The van der Waals surface area contributed by atoms with Gasteiger partial charge in [0.15, 0.2) is 0 Å². The number of amides is 2. The lowest BCUT2D eigenvalue weighted by Gasteiger charge is -2.23. The molecule has 0 spiro atoms. The smallest absolute Gasteiger partial charge is 0.222 e. The van der Waals surface area contributed by atoms with Crippen LogP contribution in [0.4, 0.5) is 0 Å². The van der Waals surface area contributed by atoms with Crippen LogP contribution in [-0.2, 0) is 9.59 Å². The molecule has 0 heterocycles. The Kier molecular flexibility index (Phi) is 35.0. The van der Waals surface area contributed by atoms with Gasteiger partial charge in [-0.25, -0.2) is 0 Å². The topological polar surface area (TPSA) is 67.9 Å². The zero-order chi connectivity index (χ0) is 31.2. The van der Waals surface area contributed by atoms with Crippen LogP contribution in [0, 0.1) is 0 Å². The fourth-order valence-electron chi connectivity index (χ4n) is 3.91. The maximum atomic E-state index is 11.6. The number of carbonyl (C=O) groups is 2. The van der Waals surface area contributed by atoms with Gasteiger partial charge in [0.25, 0.3) is 0 Å². The Balaban J connectivity index is -0.000000647. The number of unbranched alkanes of at least 4 members (excludes halogenated alkanes) is 5. The minimum Gasteiger partial charge on any atom is -0.356 e. The van der Waals surface area contributed by atoms with Crippen molar-refractivity contribution in [3.05, 3.63) is 0 Å². The molecule has 0 unspecified atom stereocenters. The Hall–Kier alpha value is -1.18. The summed E-state index contributed by atoms with van der Waals surface area (Å²) in [6.45, 7) is 23.2. The largest absolute Gasteiger partial charge is 0.356 e. The highest BCUT2D eigenvalue weighted by molar-refractivity contribution is 5.76.